The van der Waals surface area contributed by atoms with Gasteiger partial charge in [-0.1, -0.05) is 40.0 Å². The SMILES string of the molecule is CCCCCC(C)(C)CN1CC(=O)NC(C)C1=O. The minimum atomic E-state index is -0.377. The lowest BCUT2D eigenvalue weighted by Gasteiger charge is -2.37. The summed E-state index contributed by atoms with van der Waals surface area (Å²) in [6.45, 7) is 9.16. The Morgan fingerprint density at radius 1 is 1.33 bits per heavy atom. The van der Waals surface area contributed by atoms with Crippen LogP contribution in [0, 0.1) is 5.41 Å². The summed E-state index contributed by atoms with van der Waals surface area (Å²) in [5.41, 5.74) is 0.0855. The molecule has 0 radical (unpaired) electrons. The molecule has 0 aromatic rings. The quantitative estimate of drug-likeness (QED) is 0.736. The van der Waals surface area contributed by atoms with Crippen molar-refractivity contribution in [2.45, 2.75) is 59.4 Å². The molecule has 1 atom stereocenters. The van der Waals surface area contributed by atoms with Crippen LogP contribution < -0.4 is 5.32 Å². The highest BCUT2D eigenvalue weighted by Gasteiger charge is 2.32. The summed E-state index contributed by atoms with van der Waals surface area (Å²) in [7, 11) is 0. The van der Waals surface area contributed by atoms with Gasteiger partial charge in [-0.05, 0) is 18.8 Å². The normalized spacial score (nSPS) is 21.1. The van der Waals surface area contributed by atoms with Gasteiger partial charge in [0.1, 0.15) is 6.04 Å². The average Bonchev–Trinajstić information content (AvgIpc) is 2.25. The van der Waals surface area contributed by atoms with E-state index in [1.54, 1.807) is 11.8 Å². The molecule has 104 valence electrons. The minimum Gasteiger partial charge on any atom is -0.343 e. The van der Waals surface area contributed by atoms with Crippen LogP contribution in [-0.4, -0.2) is 35.8 Å². The third-order valence-electron chi connectivity index (χ3n) is 3.47. The molecule has 1 aliphatic heterocycles. The highest BCUT2D eigenvalue weighted by atomic mass is 16.2. The summed E-state index contributed by atoms with van der Waals surface area (Å²) in [6.07, 6.45) is 4.72. The molecule has 0 aromatic heterocycles. The van der Waals surface area contributed by atoms with E-state index in [0.29, 0.717) is 6.54 Å². The topological polar surface area (TPSA) is 49.4 Å². The van der Waals surface area contributed by atoms with Gasteiger partial charge in [-0.2, -0.15) is 0 Å². The maximum absolute atomic E-state index is 12.0. The summed E-state index contributed by atoms with van der Waals surface area (Å²) in [6, 6.07) is -0.377. The van der Waals surface area contributed by atoms with E-state index in [4.69, 9.17) is 0 Å². The standard InChI is InChI=1S/C14H26N2O2/c1-5-6-7-8-14(3,4)10-16-9-12(17)15-11(2)13(16)18/h11H,5-10H2,1-4H3,(H,15,17). The largest absolute Gasteiger partial charge is 0.343 e. The molecular weight excluding hydrogens is 228 g/mol. The number of unbranched alkanes of at least 4 members (excludes halogenated alkanes) is 2. The van der Waals surface area contributed by atoms with E-state index in [9.17, 15) is 9.59 Å². The van der Waals surface area contributed by atoms with Crippen molar-refractivity contribution in [1.29, 1.82) is 0 Å². The Bertz CT molecular complexity index is 313. The molecule has 1 N–H and O–H groups in total. The van der Waals surface area contributed by atoms with Crippen molar-refractivity contribution in [2.24, 2.45) is 5.41 Å². The van der Waals surface area contributed by atoms with Crippen LogP contribution in [0.3, 0.4) is 0 Å². The zero-order valence-corrected chi connectivity index (χ0v) is 12.1. The Morgan fingerprint density at radius 2 is 2.00 bits per heavy atom. The van der Waals surface area contributed by atoms with E-state index in [2.05, 4.69) is 26.1 Å². The zero-order chi connectivity index (χ0) is 13.8. The van der Waals surface area contributed by atoms with Crippen LogP contribution in [0.4, 0.5) is 0 Å². The molecule has 2 amide bonds. The van der Waals surface area contributed by atoms with Gasteiger partial charge in [-0.15, -0.1) is 0 Å². The Balaban J connectivity index is 2.53. The van der Waals surface area contributed by atoms with E-state index >= 15 is 0 Å². The van der Waals surface area contributed by atoms with Crippen molar-refractivity contribution >= 4 is 11.8 Å². The molecule has 1 unspecified atom stereocenters. The third kappa shape index (κ3) is 4.31. The van der Waals surface area contributed by atoms with Crippen LogP contribution in [0.1, 0.15) is 53.4 Å². The zero-order valence-electron chi connectivity index (χ0n) is 12.1. The molecule has 0 saturated carbocycles. The molecular formula is C14H26N2O2. The molecule has 0 aromatic carbocycles. The average molecular weight is 254 g/mol. The monoisotopic (exact) mass is 254 g/mol. The Kier molecular flexibility index (Phi) is 5.17. The first-order chi connectivity index (χ1) is 8.35. The molecule has 1 fully saturated rings. The molecule has 0 aliphatic carbocycles. The van der Waals surface area contributed by atoms with Crippen LogP contribution in [0.15, 0.2) is 0 Å². The lowest BCUT2D eigenvalue weighted by molar-refractivity contribution is -0.145. The number of nitrogens with zero attached hydrogens (tertiary/aromatic N) is 1. The van der Waals surface area contributed by atoms with Crippen LogP contribution in [0.25, 0.3) is 0 Å². The number of hydrogen-bond donors (Lipinski definition) is 1. The number of carbonyl (C=O) groups excluding carboxylic acids is 2. The number of nitrogens with one attached hydrogen (secondary N) is 1. The fourth-order valence-electron chi connectivity index (χ4n) is 2.46. The highest BCUT2D eigenvalue weighted by molar-refractivity contribution is 5.94. The first kappa shape index (κ1) is 15.0. The van der Waals surface area contributed by atoms with Gasteiger partial charge < -0.3 is 10.2 Å². The molecule has 4 nitrogen and oxygen atoms in total. The van der Waals surface area contributed by atoms with E-state index in [0.717, 1.165) is 6.42 Å². The Labute approximate surface area is 110 Å². The second kappa shape index (κ2) is 6.21. The number of hydrogen-bond acceptors (Lipinski definition) is 2. The minimum absolute atomic E-state index is 0.0400. The van der Waals surface area contributed by atoms with Gasteiger partial charge in [0.2, 0.25) is 11.8 Å². The van der Waals surface area contributed by atoms with Crippen LogP contribution in [-0.2, 0) is 9.59 Å². The van der Waals surface area contributed by atoms with Crippen molar-refractivity contribution in [3.63, 3.8) is 0 Å². The second-order valence-corrected chi connectivity index (χ2v) is 6.10. The lowest BCUT2D eigenvalue weighted by Crippen LogP contribution is -2.58. The van der Waals surface area contributed by atoms with E-state index in [-0.39, 0.29) is 29.8 Å². The summed E-state index contributed by atoms with van der Waals surface area (Å²) in [5.74, 6) is -0.00961. The first-order valence-electron chi connectivity index (χ1n) is 6.94. The van der Waals surface area contributed by atoms with E-state index in [1.165, 1.54) is 19.3 Å². The summed E-state index contributed by atoms with van der Waals surface area (Å²) < 4.78 is 0. The fraction of sp³-hybridized carbons (Fsp3) is 0.857. The van der Waals surface area contributed by atoms with Crippen LogP contribution >= 0.6 is 0 Å². The number of carbonyl (C=O) groups is 2. The van der Waals surface area contributed by atoms with Crippen molar-refractivity contribution < 1.29 is 9.59 Å². The maximum Gasteiger partial charge on any atom is 0.245 e. The van der Waals surface area contributed by atoms with E-state index < -0.39 is 0 Å². The number of piperazine rings is 1. The highest BCUT2D eigenvalue weighted by Crippen LogP contribution is 2.25. The molecule has 1 saturated heterocycles. The van der Waals surface area contributed by atoms with Crippen LogP contribution in [0.2, 0.25) is 0 Å². The lowest BCUT2D eigenvalue weighted by atomic mass is 9.86. The summed E-state index contributed by atoms with van der Waals surface area (Å²) in [5, 5.41) is 2.67. The molecule has 4 heteroatoms. The molecule has 1 aliphatic rings. The summed E-state index contributed by atoms with van der Waals surface area (Å²) >= 11 is 0. The predicted molar refractivity (Wildman–Crippen MR) is 72.1 cm³/mol. The van der Waals surface area contributed by atoms with Crippen LogP contribution in [0.5, 0.6) is 0 Å². The Morgan fingerprint density at radius 3 is 2.61 bits per heavy atom. The maximum atomic E-state index is 12.0. The van der Waals surface area contributed by atoms with Crippen molar-refractivity contribution in [2.75, 3.05) is 13.1 Å². The van der Waals surface area contributed by atoms with E-state index in [1.807, 2.05) is 0 Å². The smallest absolute Gasteiger partial charge is 0.245 e. The number of rotatable bonds is 6. The van der Waals surface area contributed by atoms with Gasteiger partial charge in [-0.3, -0.25) is 9.59 Å². The van der Waals surface area contributed by atoms with Gasteiger partial charge in [0, 0.05) is 6.54 Å². The molecule has 18 heavy (non-hydrogen) atoms. The van der Waals surface area contributed by atoms with Gasteiger partial charge in [0.25, 0.3) is 0 Å². The van der Waals surface area contributed by atoms with Crippen molar-refractivity contribution in [3.8, 4) is 0 Å². The summed E-state index contributed by atoms with van der Waals surface area (Å²) in [4.78, 5) is 25.2. The van der Waals surface area contributed by atoms with Gasteiger partial charge in [0.15, 0.2) is 0 Å². The fourth-order valence-corrected chi connectivity index (χ4v) is 2.46. The van der Waals surface area contributed by atoms with Gasteiger partial charge in [-0.25, -0.2) is 0 Å². The predicted octanol–water partition coefficient (Wildman–Crippen LogP) is 1.94. The molecule has 1 heterocycles. The number of amides is 2. The second-order valence-electron chi connectivity index (χ2n) is 6.10. The first-order valence-corrected chi connectivity index (χ1v) is 6.94. The third-order valence-corrected chi connectivity index (χ3v) is 3.47. The molecule has 0 spiro atoms. The van der Waals surface area contributed by atoms with Crippen molar-refractivity contribution in [1.82, 2.24) is 10.2 Å². The molecule has 1 rings (SSSR count). The molecule has 0 bridgehead atoms. The van der Waals surface area contributed by atoms with Crippen molar-refractivity contribution in [3.05, 3.63) is 0 Å². The van der Waals surface area contributed by atoms with Gasteiger partial charge >= 0.3 is 0 Å². The Hall–Kier alpha value is -1.06. The van der Waals surface area contributed by atoms with Gasteiger partial charge in [0.05, 0.1) is 6.54 Å².